The Morgan fingerprint density at radius 3 is 2.58 bits per heavy atom. The van der Waals surface area contributed by atoms with Gasteiger partial charge in [0.2, 0.25) is 5.91 Å². The summed E-state index contributed by atoms with van der Waals surface area (Å²) in [5.41, 5.74) is 5.46. The van der Waals surface area contributed by atoms with Crippen molar-refractivity contribution in [2.45, 2.75) is 33.4 Å². The monoisotopic (exact) mass is 352 g/mol. The first-order valence-corrected chi connectivity index (χ1v) is 8.63. The number of H-pyrrole nitrogens is 2. The lowest BCUT2D eigenvalue weighted by Crippen LogP contribution is -2.39. The van der Waals surface area contributed by atoms with Crippen molar-refractivity contribution in [2.75, 3.05) is 12.4 Å². The molecule has 0 fully saturated rings. The van der Waals surface area contributed by atoms with Crippen molar-refractivity contribution < 1.29 is 4.79 Å². The van der Waals surface area contributed by atoms with Gasteiger partial charge in [-0.15, -0.1) is 0 Å². The third-order valence-electron chi connectivity index (χ3n) is 4.74. The molecule has 6 heteroatoms. The van der Waals surface area contributed by atoms with Crippen molar-refractivity contribution in [3.05, 3.63) is 63.6 Å². The van der Waals surface area contributed by atoms with Crippen LogP contribution in [0, 0.1) is 13.8 Å². The number of likely N-dealkylation sites (N-methyl/N-ethyl adjacent to an activating group) is 1. The summed E-state index contributed by atoms with van der Waals surface area (Å²) in [6.07, 6.45) is 0. The Kier molecular flexibility index (Phi) is 4.95. The Hall–Kier alpha value is -2.86. The highest BCUT2D eigenvalue weighted by Gasteiger charge is 2.19. The fourth-order valence-corrected chi connectivity index (χ4v) is 2.99. The van der Waals surface area contributed by atoms with Crippen LogP contribution in [0.2, 0.25) is 0 Å². The maximum Gasteiger partial charge on any atom is 0.323 e. The second-order valence-electron chi connectivity index (χ2n) is 6.85. The Morgan fingerprint density at radius 1 is 1.12 bits per heavy atom. The number of rotatable bonds is 5. The number of nitrogens with zero attached hydrogens (tertiary/aromatic N) is 1. The molecule has 1 heterocycles. The summed E-state index contributed by atoms with van der Waals surface area (Å²) >= 11 is 0. The molecular formula is C20H24N4O2. The molecular weight excluding hydrogens is 328 g/mol. The fraction of sp³-hybridized carbons (Fsp3) is 0.300. The van der Waals surface area contributed by atoms with E-state index in [9.17, 15) is 9.59 Å². The third kappa shape index (κ3) is 3.86. The second-order valence-corrected chi connectivity index (χ2v) is 6.85. The number of carbonyl (C=O) groups excluding carboxylic acids is 1. The number of hydrogen-bond donors (Lipinski definition) is 3. The predicted molar refractivity (Wildman–Crippen MR) is 104 cm³/mol. The van der Waals surface area contributed by atoms with E-state index >= 15 is 0 Å². The summed E-state index contributed by atoms with van der Waals surface area (Å²) in [4.78, 5) is 31.3. The van der Waals surface area contributed by atoms with Gasteiger partial charge in [0.25, 0.3) is 0 Å². The Balaban J connectivity index is 1.68. The predicted octanol–water partition coefficient (Wildman–Crippen LogP) is 2.93. The zero-order chi connectivity index (χ0) is 18.8. The van der Waals surface area contributed by atoms with Crippen LogP contribution in [-0.2, 0) is 11.3 Å². The number of hydrogen-bond acceptors (Lipinski definition) is 3. The molecule has 0 unspecified atom stereocenters. The molecule has 6 nitrogen and oxygen atoms in total. The van der Waals surface area contributed by atoms with Gasteiger partial charge in [-0.2, -0.15) is 0 Å². The third-order valence-corrected chi connectivity index (χ3v) is 4.74. The van der Waals surface area contributed by atoms with Crippen molar-refractivity contribution >= 4 is 22.6 Å². The van der Waals surface area contributed by atoms with Crippen molar-refractivity contribution in [1.82, 2.24) is 14.9 Å². The molecule has 3 aromatic rings. The lowest BCUT2D eigenvalue weighted by atomic mass is 10.0. The lowest BCUT2D eigenvalue weighted by Gasteiger charge is -2.24. The molecule has 0 radical (unpaired) electrons. The highest BCUT2D eigenvalue weighted by atomic mass is 16.2. The van der Waals surface area contributed by atoms with Gasteiger partial charge in [-0.25, -0.2) is 4.79 Å². The first-order chi connectivity index (χ1) is 12.3. The van der Waals surface area contributed by atoms with Crippen molar-refractivity contribution in [2.24, 2.45) is 0 Å². The largest absolute Gasteiger partial charge is 0.325 e. The molecule has 3 rings (SSSR count). The molecule has 0 saturated heterocycles. The number of amides is 1. The van der Waals surface area contributed by atoms with Crippen LogP contribution in [0.15, 0.2) is 41.2 Å². The fourth-order valence-electron chi connectivity index (χ4n) is 2.99. The highest BCUT2D eigenvalue weighted by molar-refractivity contribution is 5.96. The van der Waals surface area contributed by atoms with E-state index in [1.807, 2.05) is 18.9 Å². The van der Waals surface area contributed by atoms with Crippen LogP contribution in [0.4, 0.5) is 5.69 Å². The summed E-state index contributed by atoms with van der Waals surface area (Å²) in [6.45, 7) is 6.75. The molecule has 1 atom stereocenters. The van der Waals surface area contributed by atoms with E-state index in [2.05, 4.69) is 47.3 Å². The molecule has 2 aromatic carbocycles. The summed E-state index contributed by atoms with van der Waals surface area (Å²) in [6, 6.07) is 11.4. The molecule has 1 amide bonds. The minimum atomic E-state index is -0.295. The van der Waals surface area contributed by atoms with Gasteiger partial charge in [0.05, 0.1) is 17.1 Å². The summed E-state index contributed by atoms with van der Waals surface area (Å²) in [5, 5.41) is 2.92. The van der Waals surface area contributed by atoms with Crippen molar-refractivity contribution in [1.29, 1.82) is 0 Å². The van der Waals surface area contributed by atoms with E-state index in [0.717, 1.165) is 0 Å². The molecule has 0 aliphatic heterocycles. The number of nitrogens with one attached hydrogen (secondary N) is 3. The Bertz CT molecular complexity index is 1000. The molecule has 0 spiro atoms. The number of anilines is 1. The number of fused-ring (bicyclic) bond motifs is 1. The molecule has 0 aliphatic carbocycles. The van der Waals surface area contributed by atoms with Crippen LogP contribution in [0.5, 0.6) is 0 Å². The lowest BCUT2D eigenvalue weighted by molar-refractivity contribution is -0.120. The topological polar surface area (TPSA) is 81.0 Å². The van der Waals surface area contributed by atoms with E-state index in [1.165, 1.54) is 16.7 Å². The standard InChI is InChI=1S/C20H24N4O2/c1-12-5-6-15(13(2)9-12)11-24(4)14(3)19(25)21-16-7-8-17-18(10-16)23-20(26)22-17/h5-10,14H,11H2,1-4H3,(H,21,25)(H2,22,23,26)/t14-/m0/s1. The van der Waals surface area contributed by atoms with Crippen LogP contribution in [0.3, 0.4) is 0 Å². The number of imidazole rings is 1. The van der Waals surface area contributed by atoms with Crippen molar-refractivity contribution in [3.8, 4) is 0 Å². The zero-order valence-electron chi connectivity index (χ0n) is 15.5. The first kappa shape index (κ1) is 17.9. The highest BCUT2D eigenvalue weighted by Crippen LogP contribution is 2.17. The maximum absolute atomic E-state index is 12.6. The summed E-state index contributed by atoms with van der Waals surface area (Å²) < 4.78 is 0. The number of benzene rings is 2. The van der Waals surface area contributed by atoms with Crippen molar-refractivity contribution in [3.63, 3.8) is 0 Å². The van der Waals surface area contributed by atoms with Crippen LogP contribution < -0.4 is 11.0 Å². The van der Waals surface area contributed by atoms with Gasteiger partial charge in [-0.1, -0.05) is 23.8 Å². The quantitative estimate of drug-likeness (QED) is 0.660. The molecule has 3 N–H and O–H groups in total. The average Bonchev–Trinajstić information content (AvgIpc) is 2.95. The van der Waals surface area contributed by atoms with Gasteiger partial charge in [0.15, 0.2) is 0 Å². The van der Waals surface area contributed by atoms with Gasteiger partial charge in [0, 0.05) is 12.2 Å². The molecule has 0 bridgehead atoms. The summed E-state index contributed by atoms with van der Waals surface area (Å²) in [5.74, 6) is -0.0884. The van der Waals surface area contributed by atoms with Gasteiger partial charge < -0.3 is 15.3 Å². The SMILES string of the molecule is Cc1ccc(CN(C)[C@@H](C)C(=O)Nc2ccc3[nH]c(=O)[nH]c3c2)c(C)c1. The average molecular weight is 352 g/mol. The van der Waals surface area contributed by atoms with Gasteiger partial charge in [-0.3, -0.25) is 9.69 Å². The van der Waals surface area contributed by atoms with Crippen LogP contribution in [0.1, 0.15) is 23.6 Å². The van der Waals surface area contributed by atoms with Crippen LogP contribution >= 0.6 is 0 Å². The first-order valence-electron chi connectivity index (χ1n) is 8.63. The van der Waals surface area contributed by atoms with E-state index in [1.54, 1.807) is 18.2 Å². The van der Waals surface area contributed by atoms with E-state index < -0.39 is 0 Å². The molecule has 26 heavy (non-hydrogen) atoms. The normalized spacial score (nSPS) is 12.5. The minimum absolute atomic E-state index is 0.0884. The molecule has 0 aliphatic rings. The van der Waals surface area contributed by atoms with E-state index in [4.69, 9.17) is 0 Å². The van der Waals surface area contributed by atoms with Gasteiger partial charge in [-0.05, 0) is 57.1 Å². The van der Waals surface area contributed by atoms with Gasteiger partial charge in [0.1, 0.15) is 0 Å². The molecule has 0 saturated carbocycles. The Morgan fingerprint density at radius 2 is 1.85 bits per heavy atom. The Labute approximate surface area is 152 Å². The minimum Gasteiger partial charge on any atom is -0.325 e. The second kappa shape index (κ2) is 7.17. The smallest absolute Gasteiger partial charge is 0.323 e. The number of aromatic amines is 2. The zero-order valence-corrected chi connectivity index (χ0v) is 15.5. The van der Waals surface area contributed by atoms with E-state index in [-0.39, 0.29) is 17.6 Å². The number of aromatic nitrogens is 2. The maximum atomic E-state index is 12.6. The summed E-state index contributed by atoms with van der Waals surface area (Å²) in [7, 11) is 1.94. The molecule has 136 valence electrons. The molecule has 1 aromatic heterocycles. The number of aryl methyl sites for hydroxylation is 2. The van der Waals surface area contributed by atoms with Gasteiger partial charge >= 0.3 is 5.69 Å². The van der Waals surface area contributed by atoms with Crippen LogP contribution in [0.25, 0.3) is 11.0 Å². The van der Waals surface area contributed by atoms with E-state index in [0.29, 0.717) is 23.3 Å². The number of carbonyl (C=O) groups is 1. The van der Waals surface area contributed by atoms with Crippen LogP contribution in [-0.4, -0.2) is 33.9 Å².